The summed E-state index contributed by atoms with van der Waals surface area (Å²) in [6.07, 6.45) is 0.795. The van der Waals surface area contributed by atoms with Crippen molar-refractivity contribution in [2.24, 2.45) is 5.92 Å². The minimum atomic E-state index is -3.39. The predicted molar refractivity (Wildman–Crippen MR) is 83.0 cm³/mol. The SMILES string of the molecule is CCC(C)CS(=O)(=O)C(C)C(=O)c1ccc(C)c(C)c1. The molecule has 112 valence electrons. The Hall–Kier alpha value is -1.16. The summed E-state index contributed by atoms with van der Waals surface area (Å²) in [5.41, 5.74) is 2.58. The molecular weight excluding hydrogens is 272 g/mol. The Labute approximate surface area is 122 Å². The van der Waals surface area contributed by atoms with Gasteiger partial charge in [-0.2, -0.15) is 0 Å². The Balaban J connectivity index is 2.99. The molecule has 0 bridgehead atoms. The lowest BCUT2D eigenvalue weighted by atomic mass is 10.0. The maximum absolute atomic E-state index is 12.3. The molecule has 0 amide bonds. The number of aryl methyl sites for hydroxylation is 2. The van der Waals surface area contributed by atoms with E-state index in [1.807, 2.05) is 33.8 Å². The van der Waals surface area contributed by atoms with Crippen molar-refractivity contribution >= 4 is 15.6 Å². The fourth-order valence-corrected chi connectivity index (χ4v) is 3.73. The molecule has 1 rings (SSSR count). The van der Waals surface area contributed by atoms with Crippen molar-refractivity contribution in [3.8, 4) is 0 Å². The van der Waals surface area contributed by atoms with Crippen molar-refractivity contribution in [2.75, 3.05) is 5.75 Å². The average Bonchev–Trinajstić information content (AvgIpc) is 2.39. The van der Waals surface area contributed by atoms with Crippen molar-refractivity contribution in [1.82, 2.24) is 0 Å². The van der Waals surface area contributed by atoms with E-state index >= 15 is 0 Å². The average molecular weight is 296 g/mol. The number of hydrogen-bond donors (Lipinski definition) is 0. The van der Waals surface area contributed by atoms with E-state index in [9.17, 15) is 13.2 Å². The van der Waals surface area contributed by atoms with E-state index in [-0.39, 0.29) is 17.5 Å². The number of Topliss-reactive ketones (excluding diaryl/α,β-unsaturated/α-hetero) is 1. The monoisotopic (exact) mass is 296 g/mol. The van der Waals surface area contributed by atoms with E-state index in [2.05, 4.69) is 0 Å². The molecule has 0 radical (unpaired) electrons. The Morgan fingerprint density at radius 3 is 2.25 bits per heavy atom. The molecule has 4 heteroatoms. The van der Waals surface area contributed by atoms with E-state index in [1.165, 1.54) is 6.92 Å². The molecule has 2 atom stereocenters. The van der Waals surface area contributed by atoms with Crippen LogP contribution in [0, 0.1) is 19.8 Å². The van der Waals surface area contributed by atoms with Gasteiger partial charge in [-0.1, -0.05) is 32.4 Å². The number of carbonyl (C=O) groups is 1. The van der Waals surface area contributed by atoms with Gasteiger partial charge in [0.15, 0.2) is 15.6 Å². The van der Waals surface area contributed by atoms with Crippen molar-refractivity contribution in [1.29, 1.82) is 0 Å². The van der Waals surface area contributed by atoms with Gasteiger partial charge < -0.3 is 0 Å². The van der Waals surface area contributed by atoms with Crippen LogP contribution in [0.2, 0.25) is 0 Å². The van der Waals surface area contributed by atoms with E-state index in [0.29, 0.717) is 5.56 Å². The summed E-state index contributed by atoms with van der Waals surface area (Å²) in [4.78, 5) is 12.3. The minimum Gasteiger partial charge on any atom is -0.293 e. The Kier molecular flexibility index (Phi) is 5.51. The first-order valence-corrected chi connectivity index (χ1v) is 8.73. The summed E-state index contributed by atoms with van der Waals surface area (Å²) in [6.45, 7) is 9.23. The lowest BCUT2D eigenvalue weighted by Gasteiger charge is -2.15. The molecule has 0 spiro atoms. The molecular formula is C16H24O3S. The van der Waals surface area contributed by atoms with E-state index < -0.39 is 15.1 Å². The zero-order valence-corrected chi connectivity index (χ0v) is 13.8. The lowest BCUT2D eigenvalue weighted by molar-refractivity contribution is 0.0991. The number of benzene rings is 1. The lowest BCUT2D eigenvalue weighted by Crippen LogP contribution is -2.31. The van der Waals surface area contributed by atoms with Gasteiger partial charge in [0.05, 0.1) is 5.75 Å². The van der Waals surface area contributed by atoms with Crippen LogP contribution in [0.1, 0.15) is 48.7 Å². The third-order valence-corrected chi connectivity index (χ3v) is 6.24. The van der Waals surface area contributed by atoms with Crippen LogP contribution >= 0.6 is 0 Å². The van der Waals surface area contributed by atoms with E-state index in [0.717, 1.165) is 17.5 Å². The minimum absolute atomic E-state index is 0.0707. The van der Waals surface area contributed by atoms with Gasteiger partial charge in [-0.25, -0.2) is 8.42 Å². The molecule has 3 nitrogen and oxygen atoms in total. The Bertz CT molecular complexity index is 588. The van der Waals surface area contributed by atoms with Gasteiger partial charge in [0.2, 0.25) is 0 Å². The summed E-state index contributed by atoms with van der Waals surface area (Å²) >= 11 is 0. The van der Waals surface area contributed by atoms with Gasteiger partial charge in [0.1, 0.15) is 5.25 Å². The van der Waals surface area contributed by atoms with Gasteiger partial charge in [-0.05, 0) is 43.9 Å². The molecule has 20 heavy (non-hydrogen) atoms. The van der Waals surface area contributed by atoms with Crippen molar-refractivity contribution in [3.05, 3.63) is 34.9 Å². The first-order valence-electron chi connectivity index (χ1n) is 7.02. The second-order valence-corrected chi connectivity index (χ2v) is 8.01. The second-order valence-electron chi connectivity index (χ2n) is 5.65. The first kappa shape index (κ1) is 16.9. The fraction of sp³-hybridized carbons (Fsp3) is 0.562. The molecule has 0 aromatic heterocycles. The largest absolute Gasteiger partial charge is 0.293 e. The Morgan fingerprint density at radius 2 is 1.75 bits per heavy atom. The van der Waals surface area contributed by atoms with E-state index in [4.69, 9.17) is 0 Å². The summed E-state index contributed by atoms with van der Waals surface area (Å²) in [5, 5.41) is -0.974. The highest BCUT2D eigenvalue weighted by Crippen LogP contribution is 2.17. The standard InChI is InChI=1S/C16H24O3S/c1-6-11(2)10-20(18,19)14(5)16(17)15-8-7-12(3)13(4)9-15/h7-9,11,14H,6,10H2,1-5H3. The van der Waals surface area contributed by atoms with Crippen LogP contribution < -0.4 is 0 Å². The number of sulfone groups is 1. The van der Waals surface area contributed by atoms with Crippen LogP contribution in [0.3, 0.4) is 0 Å². The van der Waals surface area contributed by atoms with Crippen LogP contribution in [-0.2, 0) is 9.84 Å². The van der Waals surface area contributed by atoms with Crippen molar-refractivity contribution in [2.45, 2.75) is 46.3 Å². The van der Waals surface area contributed by atoms with Crippen LogP contribution in [0.25, 0.3) is 0 Å². The quantitative estimate of drug-likeness (QED) is 0.757. The van der Waals surface area contributed by atoms with Gasteiger partial charge in [0, 0.05) is 5.56 Å². The van der Waals surface area contributed by atoms with Gasteiger partial charge >= 0.3 is 0 Å². The van der Waals surface area contributed by atoms with Gasteiger partial charge in [-0.15, -0.1) is 0 Å². The fourth-order valence-electron chi connectivity index (χ4n) is 1.95. The zero-order chi connectivity index (χ0) is 15.5. The summed E-state index contributed by atoms with van der Waals surface area (Å²) < 4.78 is 24.5. The van der Waals surface area contributed by atoms with Crippen LogP contribution in [0.5, 0.6) is 0 Å². The highest BCUT2D eigenvalue weighted by molar-refractivity contribution is 7.92. The van der Waals surface area contributed by atoms with Crippen LogP contribution in [0.4, 0.5) is 0 Å². The highest BCUT2D eigenvalue weighted by atomic mass is 32.2. The Morgan fingerprint density at radius 1 is 1.15 bits per heavy atom. The van der Waals surface area contributed by atoms with Crippen LogP contribution in [-0.4, -0.2) is 25.2 Å². The maximum Gasteiger partial charge on any atom is 0.180 e. The molecule has 0 aliphatic carbocycles. The summed E-state index contributed by atoms with van der Waals surface area (Å²) in [6, 6.07) is 5.34. The third kappa shape index (κ3) is 3.92. The molecule has 0 N–H and O–H groups in total. The number of rotatable bonds is 6. The third-order valence-electron chi connectivity index (χ3n) is 3.91. The van der Waals surface area contributed by atoms with Gasteiger partial charge in [0.25, 0.3) is 0 Å². The van der Waals surface area contributed by atoms with E-state index in [1.54, 1.807) is 12.1 Å². The van der Waals surface area contributed by atoms with Gasteiger partial charge in [-0.3, -0.25) is 4.79 Å². The van der Waals surface area contributed by atoms with Crippen molar-refractivity contribution in [3.63, 3.8) is 0 Å². The maximum atomic E-state index is 12.3. The molecule has 1 aromatic carbocycles. The molecule has 0 saturated carbocycles. The van der Waals surface area contributed by atoms with Crippen molar-refractivity contribution < 1.29 is 13.2 Å². The molecule has 0 fully saturated rings. The number of carbonyl (C=O) groups excluding carboxylic acids is 1. The molecule has 0 saturated heterocycles. The normalized spacial score (nSPS) is 14.8. The zero-order valence-electron chi connectivity index (χ0n) is 12.9. The second kappa shape index (κ2) is 6.53. The predicted octanol–water partition coefficient (Wildman–Crippen LogP) is 3.34. The first-order chi connectivity index (χ1) is 9.19. The molecule has 1 aromatic rings. The number of hydrogen-bond acceptors (Lipinski definition) is 3. The smallest absolute Gasteiger partial charge is 0.180 e. The topological polar surface area (TPSA) is 51.2 Å². The summed E-state index contributed by atoms with van der Waals surface area (Å²) in [5.74, 6) is -0.159. The molecule has 0 aliphatic heterocycles. The highest BCUT2D eigenvalue weighted by Gasteiger charge is 2.29. The number of ketones is 1. The molecule has 0 heterocycles. The molecule has 2 unspecified atom stereocenters. The van der Waals surface area contributed by atoms with Crippen LogP contribution in [0.15, 0.2) is 18.2 Å². The molecule has 0 aliphatic rings. The summed E-state index contributed by atoms with van der Waals surface area (Å²) in [7, 11) is -3.39.